The molecule has 0 aliphatic rings. The second-order valence-electron chi connectivity index (χ2n) is 5.16. The van der Waals surface area contributed by atoms with E-state index in [0.717, 1.165) is 24.1 Å². The highest BCUT2D eigenvalue weighted by molar-refractivity contribution is 5.89. The van der Waals surface area contributed by atoms with E-state index in [-0.39, 0.29) is 6.03 Å². The molecular formula is C18H23N3O2. The van der Waals surface area contributed by atoms with Gasteiger partial charge in [-0.3, -0.25) is 0 Å². The number of urea groups is 1. The first-order valence-corrected chi connectivity index (χ1v) is 7.93. The fourth-order valence-electron chi connectivity index (χ4n) is 2.22. The van der Waals surface area contributed by atoms with Crippen LogP contribution in [0.3, 0.4) is 0 Å². The van der Waals surface area contributed by atoms with Crippen molar-refractivity contribution in [3.8, 4) is 5.88 Å². The van der Waals surface area contributed by atoms with Crippen LogP contribution in [0.1, 0.15) is 31.4 Å². The van der Waals surface area contributed by atoms with E-state index in [1.54, 1.807) is 6.20 Å². The molecular weight excluding hydrogens is 290 g/mol. The van der Waals surface area contributed by atoms with E-state index in [2.05, 4.69) is 22.5 Å². The quantitative estimate of drug-likeness (QED) is 0.818. The number of amides is 2. The standard InChI is InChI=1S/C18H23N3O2/c1-3-6-14-8-10-16(11-9-14)21-18(22)20-13-15-7-5-12-19-17(15)23-4-2/h5,7-12H,3-4,6,13H2,1-2H3,(H2,20,21,22). The summed E-state index contributed by atoms with van der Waals surface area (Å²) in [7, 11) is 0. The Morgan fingerprint density at radius 1 is 1.17 bits per heavy atom. The van der Waals surface area contributed by atoms with Crippen molar-refractivity contribution in [3.63, 3.8) is 0 Å². The molecule has 0 bridgehead atoms. The average molecular weight is 313 g/mol. The highest BCUT2D eigenvalue weighted by Gasteiger charge is 2.06. The molecule has 0 saturated carbocycles. The normalized spacial score (nSPS) is 10.2. The minimum Gasteiger partial charge on any atom is -0.478 e. The van der Waals surface area contributed by atoms with Gasteiger partial charge in [-0.15, -0.1) is 0 Å². The Morgan fingerprint density at radius 3 is 2.65 bits per heavy atom. The number of carbonyl (C=O) groups excluding carboxylic acids is 1. The maximum absolute atomic E-state index is 12.0. The van der Waals surface area contributed by atoms with E-state index in [9.17, 15) is 4.79 Å². The number of nitrogens with one attached hydrogen (secondary N) is 2. The number of carbonyl (C=O) groups is 1. The highest BCUT2D eigenvalue weighted by Crippen LogP contribution is 2.14. The van der Waals surface area contributed by atoms with Crippen LogP contribution >= 0.6 is 0 Å². The molecule has 0 atom stereocenters. The number of benzene rings is 1. The van der Waals surface area contributed by atoms with Gasteiger partial charge in [-0.25, -0.2) is 9.78 Å². The monoisotopic (exact) mass is 313 g/mol. The maximum atomic E-state index is 12.0. The van der Waals surface area contributed by atoms with Crippen LogP contribution in [0.15, 0.2) is 42.6 Å². The Bertz CT molecular complexity index is 626. The second kappa shape index (κ2) is 8.78. The van der Waals surface area contributed by atoms with Crippen LogP contribution in [0.25, 0.3) is 0 Å². The summed E-state index contributed by atoms with van der Waals surface area (Å²) in [4.78, 5) is 16.1. The maximum Gasteiger partial charge on any atom is 0.319 e. The van der Waals surface area contributed by atoms with Gasteiger partial charge < -0.3 is 15.4 Å². The largest absolute Gasteiger partial charge is 0.478 e. The molecule has 0 aliphatic heterocycles. The Hall–Kier alpha value is -2.56. The summed E-state index contributed by atoms with van der Waals surface area (Å²) in [5.41, 5.74) is 2.90. The molecule has 0 unspecified atom stereocenters. The van der Waals surface area contributed by atoms with Crippen LogP contribution in [0.4, 0.5) is 10.5 Å². The summed E-state index contributed by atoms with van der Waals surface area (Å²) in [6.07, 6.45) is 3.83. The van der Waals surface area contributed by atoms with Gasteiger partial charge in [0.15, 0.2) is 0 Å². The van der Waals surface area contributed by atoms with Crippen molar-refractivity contribution in [2.45, 2.75) is 33.2 Å². The molecule has 0 saturated heterocycles. The summed E-state index contributed by atoms with van der Waals surface area (Å²) in [6, 6.07) is 11.4. The highest BCUT2D eigenvalue weighted by atomic mass is 16.5. The molecule has 122 valence electrons. The van der Waals surface area contributed by atoms with Crippen molar-refractivity contribution in [2.75, 3.05) is 11.9 Å². The number of aromatic nitrogens is 1. The van der Waals surface area contributed by atoms with Gasteiger partial charge in [-0.2, -0.15) is 0 Å². The number of aryl methyl sites for hydroxylation is 1. The lowest BCUT2D eigenvalue weighted by Crippen LogP contribution is -2.28. The van der Waals surface area contributed by atoms with Crippen molar-refractivity contribution in [1.29, 1.82) is 0 Å². The number of anilines is 1. The Morgan fingerprint density at radius 2 is 1.96 bits per heavy atom. The summed E-state index contributed by atoms with van der Waals surface area (Å²) in [5, 5.41) is 5.64. The van der Waals surface area contributed by atoms with Crippen LogP contribution in [0.5, 0.6) is 5.88 Å². The molecule has 2 rings (SSSR count). The number of hydrogen-bond acceptors (Lipinski definition) is 3. The number of rotatable bonds is 7. The average Bonchev–Trinajstić information content (AvgIpc) is 2.56. The van der Waals surface area contributed by atoms with Crippen molar-refractivity contribution >= 4 is 11.7 Å². The number of hydrogen-bond donors (Lipinski definition) is 2. The topological polar surface area (TPSA) is 63.2 Å². The van der Waals surface area contributed by atoms with Gasteiger partial charge in [0.1, 0.15) is 0 Å². The molecule has 0 fully saturated rings. The molecule has 2 N–H and O–H groups in total. The van der Waals surface area contributed by atoms with Gasteiger partial charge in [0.25, 0.3) is 0 Å². The van der Waals surface area contributed by atoms with Gasteiger partial charge in [-0.05, 0) is 37.1 Å². The lowest BCUT2D eigenvalue weighted by molar-refractivity contribution is 0.251. The molecule has 5 heteroatoms. The van der Waals surface area contributed by atoms with Gasteiger partial charge in [0.2, 0.25) is 5.88 Å². The summed E-state index contributed by atoms with van der Waals surface area (Å²) in [5.74, 6) is 0.555. The van der Waals surface area contributed by atoms with Crippen molar-refractivity contribution in [3.05, 3.63) is 53.7 Å². The van der Waals surface area contributed by atoms with Gasteiger partial charge in [0.05, 0.1) is 6.61 Å². The smallest absolute Gasteiger partial charge is 0.319 e. The lowest BCUT2D eigenvalue weighted by Gasteiger charge is -2.11. The van der Waals surface area contributed by atoms with Crippen LogP contribution in [0.2, 0.25) is 0 Å². The predicted molar refractivity (Wildman–Crippen MR) is 91.7 cm³/mol. The molecule has 23 heavy (non-hydrogen) atoms. The minimum atomic E-state index is -0.250. The molecule has 0 radical (unpaired) electrons. The fraction of sp³-hybridized carbons (Fsp3) is 0.333. The Labute approximate surface area is 137 Å². The molecule has 2 aromatic rings. The molecule has 0 spiro atoms. The third-order valence-electron chi connectivity index (χ3n) is 3.32. The van der Waals surface area contributed by atoms with Crippen LogP contribution in [-0.2, 0) is 13.0 Å². The number of nitrogens with zero attached hydrogens (tertiary/aromatic N) is 1. The van der Waals surface area contributed by atoms with Gasteiger partial charge in [0, 0.05) is 24.0 Å². The molecule has 1 aromatic carbocycles. The first-order valence-electron chi connectivity index (χ1n) is 7.93. The third kappa shape index (κ3) is 5.29. The van der Waals surface area contributed by atoms with E-state index < -0.39 is 0 Å². The number of pyridine rings is 1. The molecule has 0 aliphatic carbocycles. The van der Waals surface area contributed by atoms with E-state index in [4.69, 9.17) is 4.74 Å². The van der Waals surface area contributed by atoms with E-state index in [1.807, 2.05) is 43.3 Å². The van der Waals surface area contributed by atoms with Crippen LogP contribution < -0.4 is 15.4 Å². The van der Waals surface area contributed by atoms with Crippen molar-refractivity contribution in [2.24, 2.45) is 0 Å². The summed E-state index contributed by atoms with van der Waals surface area (Å²) >= 11 is 0. The summed E-state index contributed by atoms with van der Waals surface area (Å²) in [6.45, 7) is 4.96. The lowest BCUT2D eigenvalue weighted by atomic mass is 10.1. The van der Waals surface area contributed by atoms with Crippen molar-refractivity contribution in [1.82, 2.24) is 10.3 Å². The first-order chi connectivity index (χ1) is 11.2. The molecule has 5 nitrogen and oxygen atoms in total. The Kier molecular flexibility index (Phi) is 6.41. The van der Waals surface area contributed by atoms with E-state index in [0.29, 0.717) is 19.0 Å². The second-order valence-corrected chi connectivity index (χ2v) is 5.16. The molecule has 1 heterocycles. The van der Waals surface area contributed by atoms with E-state index in [1.165, 1.54) is 5.56 Å². The predicted octanol–water partition coefficient (Wildman–Crippen LogP) is 3.75. The van der Waals surface area contributed by atoms with E-state index >= 15 is 0 Å². The van der Waals surface area contributed by atoms with Crippen LogP contribution in [0, 0.1) is 0 Å². The number of ether oxygens (including phenoxy) is 1. The van der Waals surface area contributed by atoms with Gasteiger partial charge in [-0.1, -0.05) is 31.5 Å². The van der Waals surface area contributed by atoms with Crippen molar-refractivity contribution < 1.29 is 9.53 Å². The molecule has 2 amide bonds. The zero-order valence-electron chi connectivity index (χ0n) is 13.6. The fourth-order valence-corrected chi connectivity index (χ4v) is 2.22. The first kappa shape index (κ1) is 16.8. The minimum absolute atomic E-state index is 0.250. The van der Waals surface area contributed by atoms with Crippen LogP contribution in [-0.4, -0.2) is 17.6 Å². The molecule has 1 aromatic heterocycles. The Balaban J connectivity index is 1.87. The third-order valence-corrected chi connectivity index (χ3v) is 3.32. The zero-order valence-corrected chi connectivity index (χ0v) is 13.6. The van der Waals surface area contributed by atoms with Gasteiger partial charge >= 0.3 is 6.03 Å². The summed E-state index contributed by atoms with van der Waals surface area (Å²) < 4.78 is 5.44. The zero-order chi connectivity index (χ0) is 16.5. The SMILES string of the molecule is CCCc1ccc(NC(=O)NCc2cccnc2OCC)cc1.